The van der Waals surface area contributed by atoms with Gasteiger partial charge in [-0.05, 0) is 37.8 Å². The third kappa shape index (κ3) is 5.72. The molecule has 0 aromatic heterocycles. The molecule has 1 aliphatic carbocycles. The van der Waals surface area contributed by atoms with E-state index in [4.69, 9.17) is 9.47 Å². The number of benzene rings is 1. The largest absolute Gasteiger partial charge is 0.379 e. The lowest BCUT2D eigenvalue weighted by Crippen LogP contribution is -2.16. The Hall–Kier alpha value is -0.900. The molecule has 1 unspecified atom stereocenters. The summed E-state index contributed by atoms with van der Waals surface area (Å²) in [5.41, 5.74) is 2.57. The molecule has 19 heavy (non-hydrogen) atoms. The maximum absolute atomic E-state index is 5.78. The predicted molar refractivity (Wildman–Crippen MR) is 77.0 cm³/mol. The summed E-state index contributed by atoms with van der Waals surface area (Å²) in [6.07, 6.45) is 2.81. The molecule has 0 amide bonds. The van der Waals surface area contributed by atoms with Crippen LogP contribution in [0.1, 0.15) is 37.8 Å². The van der Waals surface area contributed by atoms with Gasteiger partial charge in [-0.1, -0.05) is 24.3 Å². The molecule has 2 rings (SSSR count). The Morgan fingerprint density at radius 3 is 2.84 bits per heavy atom. The number of ether oxygens (including phenoxy) is 2. The van der Waals surface area contributed by atoms with Crippen molar-refractivity contribution in [3.05, 3.63) is 35.4 Å². The first kappa shape index (κ1) is 14.5. The molecular weight excluding hydrogens is 238 g/mol. The second-order valence-corrected chi connectivity index (χ2v) is 5.26. The SMILES string of the molecule is CCOCC(C)OCc1cccc(CNC2CC2)c1. The molecule has 0 heterocycles. The summed E-state index contributed by atoms with van der Waals surface area (Å²) >= 11 is 0. The van der Waals surface area contributed by atoms with Gasteiger partial charge in [0.2, 0.25) is 0 Å². The van der Waals surface area contributed by atoms with E-state index in [1.54, 1.807) is 0 Å². The number of hydrogen-bond donors (Lipinski definition) is 1. The molecule has 1 aromatic carbocycles. The molecular formula is C16H25NO2. The minimum absolute atomic E-state index is 0.146. The Morgan fingerprint density at radius 2 is 2.11 bits per heavy atom. The van der Waals surface area contributed by atoms with Crippen LogP contribution in [0.2, 0.25) is 0 Å². The van der Waals surface area contributed by atoms with Crippen LogP contribution in [-0.2, 0) is 22.6 Å². The van der Waals surface area contributed by atoms with Crippen LogP contribution in [0.3, 0.4) is 0 Å². The van der Waals surface area contributed by atoms with Gasteiger partial charge in [0.25, 0.3) is 0 Å². The topological polar surface area (TPSA) is 30.5 Å². The minimum atomic E-state index is 0.146. The molecule has 1 aliphatic rings. The normalized spacial score (nSPS) is 16.5. The average molecular weight is 263 g/mol. The molecule has 1 fully saturated rings. The van der Waals surface area contributed by atoms with Gasteiger partial charge in [-0.2, -0.15) is 0 Å². The monoisotopic (exact) mass is 263 g/mol. The van der Waals surface area contributed by atoms with Crippen LogP contribution in [0.5, 0.6) is 0 Å². The van der Waals surface area contributed by atoms with Gasteiger partial charge in [-0.25, -0.2) is 0 Å². The number of hydrogen-bond acceptors (Lipinski definition) is 3. The summed E-state index contributed by atoms with van der Waals surface area (Å²) in [6.45, 7) is 7.09. The van der Waals surface area contributed by atoms with Gasteiger partial charge in [-0.15, -0.1) is 0 Å². The minimum Gasteiger partial charge on any atom is -0.379 e. The molecule has 3 nitrogen and oxygen atoms in total. The van der Waals surface area contributed by atoms with Gasteiger partial charge in [0.05, 0.1) is 19.3 Å². The van der Waals surface area contributed by atoms with E-state index in [0.29, 0.717) is 13.2 Å². The third-order valence-corrected chi connectivity index (χ3v) is 3.25. The van der Waals surface area contributed by atoms with Crippen molar-refractivity contribution in [1.29, 1.82) is 0 Å². The molecule has 1 saturated carbocycles. The number of rotatable bonds is 9. The molecule has 1 aromatic rings. The lowest BCUT2D eigenvalue weighted by atomic mass is 10.1. The van der Waals surface area contributed by atoms with Gasteiger partial charge in [0.1, 0.15) is 0 Å². The summed E-state index contributed by atoms with van der Waals surface area (Å²) in [6, 6.07) is 9.38. The van der Waals surface area contributed by atoms with Crippen LogP contribution in [0, 0.1) is 0 Å². The molecule has 0 bridgehead atoms. The van der Waals surface area contributed by atoms with Crippen molar-refractivity contribution in [3.8, 4) is 0 Å². The molecule has 0 radical (unpaired) electrons. The quantitative estimate of drug-likeness (QED) is 0.743. The molecule has 1 atom stereocenters. The zero-order chi connectivity index (χ0) is 13.5. The molecule has 0 aliphatic heterocycles. The fourth-order valence-corrected chi connectivity index (χ4v) is 1.95. The van der Waals surface area contributed by atoms with Gasteiger partial charge >= 0.3 is 0 Å². The maximum atomic E-state index is 5.78. The first-order valence-corrected chi connectivity index (χ1v) is 7.28. The highest BCUT2D eigenvalue weighted by atomic mass is 16.5. The van der Waals surface area contributed by atoms with E-state index in [1.165, 1.54) is 24.0 Å². The summed E-state index contributed by atoms with van der Waals surface area (Å²) in [4.78, 5) is 0. The second kappa shape index (κ2) is 7.63. The average Bonchev–Trinajstić information content (AvgIpc) is 3.25. The van der Waals surface area contributed by atoms with Crippen molar-refractivity contribution in [3.63, 3.8) is 0 Å². The van der Waals surface area contributed by atoms with Crippen molar-refractivity contribution in [1.82, 2.24) is 5.32 Å². The summed E-state index contributed by atoms with van der Waals surface area (Å²) in [5.74, 6) is 0. The smallest absolute Gasteiger partial charge is 0.0785 e. The van der Waals surface area contributed by atoms with E-state index in [0.717, 1.165) is 19.2 Å². The van der Waals surface area contributed by atoms with Crippen LogP contribution >= 0.6 is 0 Å². The molecule has 106 valence electrons. The highest BCUT2D eigenvalue weighted by Gasteiger charge is 2.19. The van der Waals surface area contributed by atoms with Crippen molar-refractivity contribution in [2.24, 2.45) is 0 Å². The first-order chi connectivity index (χ1) is 9.28. The van der Waals surface area contributed by atoms with Crippen LogP contribution in [0.25, 0.3) is 0 Å². The standard InChI is InChI=1S/C16H25NO2/c1-3-18-11-13(2)19-12-15-6-4-5-14(9-15)10-17-16-7-8-16/h4-6,9,13,16-17H,3,7-8,10-12H2,1-2H3. The highest BCUT2D eigenvalue weighted by Crippen LogP contribution is 2.19. The van der Waals surface area contributed by atoms with Crippen LogP contribution in [0.4, 0.5) is 0 Å². The Kier molecular flexibility index (Phi) is 5.83. The molecule has 0 spiro atoms. The fraction of sp³-hybridized carbons (Fsp3) is 0.625. The van der Waals surface area contributed by atoms with E-state index < -0.39 is 0 Å². The Labute approximate surface area is 116 Å². The maximum Gasteiger partial charge on any atom is 0.0785 e. The second-order valence-electron chi connectivity index (χ2n) is 5.26. The van der Waals surface area contributed by atoms with Gasteiger partial charge < -0.3 is 14.8 Å². The molecule has 3 heteroatoms. The fourth-order valence-electron chi connectivity index (χ4n) is 1.95. The van der Waals surface area contributed by atoms with Crippen molar-refractivity contribution < 1.29 is 9.47 Å². The van der Waals surface area contributed by atoms with E-state index >= 15 is 0 Å². The zero-order valence-electron chi connectivity index (χ0n) is 12.0. The molecule has 0 saturated heterocycles. The van der Waals surface area contributed by atoms with Crippen LogP contribution < -0.4 is 5.32 Å². The zero-order valence-corrected chi connectivity index (χ0v) is 12.0. The Morgan fingerprint density at radius 1 is 1.32 bits per heavy atom. The Bertz CT molecular complexity index is 377. The molecule has 1 N–H and O–H groups in total. The lowest BCUT2D eigenvalue weighted by Gasteiger charge is -2.13. The van der Waals surface area contributed by atoms with Crippen molar-refractivity contribution in [2.75, 3.05) is 13.2 Å². The van der Waals surface area contributed by atoms with Crippen molar-refractivity contribution >= 4 is 0 Å². The first-order valence-electron chi connectivity index (χ1n) is 7.28. The van der Waals surface area contributed by atoms with Gasteiger partial charge in [0, 0.05) is 19.2 Å². The van der Waals surface area contributed by atoms with Gasteiger partial charge in [0.15, 0.2) is 0 Å². The van der Waals surface area contributed by atoms with E-state index in [9.17, 15) is 0 Å². The summed E-state index contributed by atoms with van der Waals surface area (Å²) < 4.78 is 11.1. The highest BCUT2D eigenvalue weighted by molar-refractivity contribution is 5.23. The van der Waals surface area contributed by atoms with E-state index in [1.807, 2.05) is 13.8 Å². The lowest BCUT2D eigenvalue weighted by molar-refractivity contribution is -0.0116. The summed E-state index contributed by atoms with van der Waals surface area (Å²) in [5, 5.41) is 3.53. The third-order valence-electron chi connectivity index (χ3n) is 3.25. The van der Waals surface area contributed by atoms with Crippen molar-refractivity contribution in [2.45, 2.75) is 52.0 Å². The number of nitrogens with one attached hydrogen (secondary N) is 1. The van der Waals surface area contributed by atoms with Crippen LogP contribution in [-0.4, -0.2) is 25.4 Å². The summed E-state index contributed by atoms with van der Waals surface area (Å²) in [7, 11) is 0. The Balaban J connectivity index is 1.74. The van der Waals surface area contributed by atoms with E-state index in [-0.39, 0.29) is 6.10 Å². The van der Waals surface area contributed by atoms with E-state index in [2.05, 4.69) is 29.6 Å². The van der Waals surface area contributed by atoms with Crippen LogP contribution in [0.15, 0.2) is 24.3 Å². The predicted octanol–water partition coefficient (Wildman–Crippen LogP) is 2.88. The van der Waals surface area contributed by atoms with Gasteiger partial charge in [-0.3, -0.25) is 0 Å².